The number of amides is 1. The normalized spacial score (nSPS) is 10.5. The Morgan fingerprint density at radius 2 is 2.50 bits per heavy atom. The molecule has 0 radical (unpaired) electrons. The van der Waals surface area contributed by atoms with Crippen LogP contribution in [0.2, 0.25) is 0 Å². The lowest BCUT2D eigenvalue weighted by molar-refractivity contribution is -0.120. The average Bonchev–Trinajstić information content (AvgIpc) is 2.90. The smallest absolute Gasteiger partial charge is 0.225 e. The van der Waals surface area contributed by atoms with E-state index in [1.807, 2.05) is 6.92 Å². The fraction of sp³-hybridized carbons (Fsp3) is 0.400. The monoisotopic (exact) mass is 283 g/mol. The second-order valence-electron chi connectivity index (χ2n) is 3.76. The van der Waals surface area contributed by atoms with E-state index in [0.29, 0.717) is 23.5 Å². The molecule has 0 spiro atoms. The molecule has 0 unspecified atom stereocenters. The molecule has 0 aromatic carbocycles. The molecular formula is C10H13N5OS2. The van der Waals surface area contributed by atoms with Gasteiger partial charge >= 0.3 is 0 Å². The molecule has 8 heteroatoms. The van der Waals surface area contributed by atoms with E-state index >= 15 is 0 Å². The number of thiazole rings is 1. The number of nitrogens with zero attached hydrogens (tertiary/aromatic N) is 3. The van der Waals surface area contributed by atoms with Gasteiger partial charge in [0.2, 0.25) is 5.91 Å². The van der Waals surface area contributed by atoms with Crippen LogP contribution in [0.15, 0.2) is 12.4 Å². The van der Waals surface area contributed by atoms with Crippen LogP contribution in [0.1, 0.15) is 10.6 Å². The minimum atomic E-state index is -0.0107. The summed E-state index contributed by atoms with van der Waals surface area (Å²) in [5.41, 5.74) is 0.969. The van der Waals surface area contributed by atoms with Gasteiger partial charge in [-0.2, -0.15) is 0 Å². The van der Waals surface area contributed by atoms with Crippen LogP contribution in [0.25, 0.3) is 0 Å². The van der Waals surface area contributed by atoms with Crippen molar-refractivity contribution in [3.63, 3.8) is 0 Å². The van der Waals surface area contributed by atoms with Crippen LogP contribution >= 0.6 is 23.6 Å². The summed E-state index contributed by atoms with van der Waals surface area (Å²) >= 11 is 6.47. The molecule has 96 valence electrons. The summed E-state index contributed by atoms with van der Waals surface area (Å²) in [6.45, 7) is 3.08. The standard InChI is InChI=1S/C10H13N5OS2/c1-7-8(18-10(17)13-7)6-9(16)11-2-4-15-5-3-12-14-15/h3,5H,2,4,6H2,1H3,(H,11,16)(H,13,17). The zero-order chi connectivity index (χ0) is 13.0. The van der Waals surface area contributed by atoms with Gasteiger partial charge in [0.25, 0.3) is 0 Å². The molecule has 2 aromatic rings. The Kier molecular flexibility index (Phi) is 4.21. The molecular weight excluding hydrogens is 270 g/mol. The first kappa shape index (κ1) is 12.9. The van der Waals surface area contributed by atoms with Crippen molar-refractivity contribution in [1.82, 2.24) is 25.3 Å². The lowest BCUT2D eigenvalue weighted by atomic mass is 10.3. The number of carbonyl (C=O) groups is 1. The molecule has 0 fully saturated rings. The summed E-state index contributed by atoms with van der Waals surface area (Å²) in [4.78, 5) is 15.7. The van der Waals surface area contributed by atoms with E-state index in [4.69, 9.17) is 12.2 Å². The number of aromatic amines is 1. The van der Waals surface area contributed by atoms with Crippen molar-refractivity contribution in [2.24, 2.45) is 0 Å². The summed E-state index contributed by atoms with van der Waals surface area (Å²) in [6, 6.07) is 0. The molecule has 0 saturated carbocycles. The van der Waals surface area contributed by atoms with E-state index in [1.54, 1.807) is 17.1 Å². The highest BCUT2D eigenvalue weighted by Crippen LogP contribution is 2.14. The third-order valence-electron chi connectivity index (χ3n) is 2.38. The van der Waals surface area contributed by atoms with Crippen LogP contribution in [0.4, 0.5) is 0 Å². The molecule has 0 aliphatic heterocycles. The van der Waals surface area contributed by atoms with Crippen molar-refractivity contribution >= 4 is 29.5 Å². The second-order valence-corrected chi connectivity index (χ2v) is 5.53. The number of H-pyrrole nitrogens is 1. The number of rotatable bonds is 5. The van der Waals surface area contributed by atoms with Crippen molar-refractivity contribution in [3.8, 4) is 0 Å². The van der Waals surface area contributed by atoms with Gasteiger partial charge in [-0.05, 0) is 19.1 Å². The van der Waals surface area contributed by atoms with E-state index in [0.717, 1.165) is 10.6 Å². The topological polar surface area (TPSA) is 75.6 Å². The van der Waals surface area contributed by atoms with E-state index in [2.05, 4.69) is 20.6 Å². The second kappa shape index (κ2) is 5.87. The summed E-state index contributed by atoms with van der Waals surface area (Å²) in [6.07, 6.45) is 3.73. The maximum atomic E-state index is 11.7. The van der Waals surface area contributed by atoms with Gasteiger partial charge in [-0.15, -0.1) is 16.4 Å². The van der Waals surface area contributed by atoms with E-state index in [1.165, 1.54) is 11.3 Å². The first-order valence-corrected chi connectivity index (χ1v) is 6.67. The van der Waals surface area contributed by atoms with Crippen LogP contribution < -0.4 is 5.32 Å². The maximum Gasteiger partial charge on any atom is 0.225 e. The average molecular weight is 283 g/mol. The van der Waals surface area contributed by atoms with Gasteiger partial charge < -0.3 is 10.3 Å². The number of carbonyl (C=O) groups excluding carboxylic acids is 1. The molecule has 0 aliphatic carbocycles. The maximum absolute atomic E-state index is 11.7. The Morgan fingerprint density at radius 3 is 3.11 bits per heavy atom. The Balaban J connectivity index is 1.79. The van der Waals surface area contributed by atoms with Crippen molar-refractivity contribution in [2.45, 2.75) is 19.9 Å². The molecule has 0 bridgehead atoms. The molecule has 18 heavy (non-hydrogen) atoms. The van der Waals surface area contributed by atoms with Crippen LogP contribution in [0.3, 0.4) is 0 Å². The first-order valence-electron chi connectivity index (χ1n) is 5.44. The largest absolute Gasteiger partial charge is 0.354 e. The van der Waals surface area contributed by atoms with Gasteiger partial charge in [0.05, 0.1) is 19.2 Å². The highest BCUT2D eigenvalue weighted by atomic mass is 32.1. The summed E-state index contributed by atoms with van der Waals surface area (Å²) in [5, 5.41) is 10.3. The van der Waals surface area contributed by atoms with Crippen molar-refractivity contribution < 1.29 is 4.79 Å². The number of aromatic nitrogens is 4. The minimum Gasteiger partial charge on any atom is -0.354 e. The minimum absolute atomic E-state index is 0.0107. The Hall–Kier alpha value is -1.54. The molecule has 2 N–H and O–H groups in total. The van der Waals surface area contributed by atoms with Crippen molar-refractivity contribution in [1.29, 1.82) is 0 Å². The first-order chi connectivity index (χ1) is 8.65. The third-order valence-corrected chi connectivity index (χ3v) is 3.72. The van der Waals surface area contributed by atoms with Gasteiger partial charge in [0.15, 0.2) is 3.95 Å². The van der Waals surface area contributed by atoms with Crippen LogP contribution in [-0.2, 0) is 17.8 Å². The Bertz CT molecular complexity index is 571. The Labute approximate surface area is 113 Å². The van der Waals surface area contributed by atoms with Gasteiger partial charge in [-0.1, -0.05) is 5.21 Å². The zero-order valence-electron chi connectivity index (χ0n) is 9.84. The highest BCUT2D eigenvalue weighted by molar-refractivity contribution is 7.73. The lowest BCUT2D eigenvalue weighted by Gasteiger charge is -2.04. The summed E-state index contributed by atoms with van der Waals surface area (Å²) < 4.78 is 2.38. The van der Waals surface area contributed by atoms with Crippen LogP contribution in [-0.4, -0.2) is 32.4 Å². The number of aryl methyl sites for hydroxylation is 1. The molecule has 0 aliphatic rings. The number of hydrogen-bond acceptors (Lipinski definition) is 5. The quantitative estimate of drug-likeness (QED) is 0.805. The molecule has 2 heterocycles. The molecule has 6 nitrogen and oxygen atoms in total. The van der Waals surface area contributed by atoms with E-state index in [9.17, 15) is 4.79 Å². The molecule has 2 aromatic heterocycles. The van der Waals surface area contributed by atoms with E-state index < -0.39 is 0 Å². The van der Waals surface area contributed by atoms with Gasteiger partial charge in [0.1, 0.15) is 0 Å². The summed E-state index contributed by atoms with van der Waals surface area (Å²) in [5.74, 6) is -0.0107. The zero-order valence-corrected chi connectivity index (χ0v) is 11.5. The predicted octanol–water partition coefficient (Wildman–Crippen LogP) is 1.06. The molecule has 0 saturated heterocycles. The van der Waals surface area contributed by atoms with Gasteiger partial charge in [0, 0.05) is 23.3 Å². The van der Waals surface area contributed by atoms with Crippen molar-refractivity contribution in [3.05, 3.63) is 26.9 Å². The number of hydrogen-bond donors (Lipinski definition) is 2. The molecule has 2 rings (SSSR count). The third kappa shape index (κ3) is 3.47. The lowest BCUT2D eigenvalue weighted by Crippen LogP contribution is -2.28. The van der Waals surface area contributed by atoms with E-state index in [-0.39, 0.29) is 5.91 Å². The molecule has 0 atom stereocenters. The predicted molar refractivity (Wildman–Crippen MR) is 71.0 cm³/mol. The van der Waals surface area contributed by atoms with Gasteiger partial charge in [-0.3, -0.25) is 9.48 Å². The number of nitrogens with one attached hydrogen (secondary N) is 2. The fourth-order valence-electron chi connectivity index (χ4n) is 1.48. The summed E-state index contributed by atoms with van der Waals surface area (Å²) in [7, 11) is 0. The Morgan fingerprint density at radius 1 is 1.67 bits per heavy atom. The fourth-order valence-corrected chi connectivity index (χ4v) is 2.77. The van der Waals surface area contributed by atoms with Crippen molar-refractivity contribution in [2.75, 3.05) is 6.54 Å². The highest BCUT2D eigenvalue weighted by Gasteiger charge is 2.08. The SMILES string of the molecule is Cc1[nH]c(=S)sc1CC(=O)NCCn1ccnn1. The molecule has 1 amide bonds. The van der Waals surface area contributed by atoms with Crippen LogP contribution in [0.5, 0.6) is 0 Å². The van der Waals surface area contributed by atoms with Gasteiger partial charge in [-0.25, -0.2) is 0 Å². The van der Waals surface area contributed by atoms with Crippen LogP contribution in [0, 0.1) is 10.9 Å².